The lowest BCUT2D eigenvalue weighted by Gasteiger charge is -2.12. The van der Waals surface area contributed by atoms with E-state index in [9.17, 15) is 0 Å². The van der Waals surface area contributed by atoms with Crippen LogP contribution in [0.5, 0.6) is 0 Å². The van der Waals surface area contributed by atoms with Gasteiger partial charge in [0.05, 0.1) is 12.8 Å². The lowest BCUT2D eigenvalue weighted by atomic mass is 10.2. The van der Waals surface area contributed by atoms with Crippen molar-refractivity contribution in [1.82, 2.24) is 15.1 Å². The second-order valence-corrected chi connectivity index (χ2v) is 3.37. The maximum atomic E-state index is 8.97. The first-order chi connectivity index (χ1) is 6.80. The van der Waals surface area contributed by atoms with Gasteiger partial charge in [-0.1, -0.05) is 6.92 Å². The Morgan fingerprint density at radius 3 is 2.86 bits per heavy atom. The second-order valence-electron chi connectivity index (χ2n) is 3.37. The van der Waals surface area contributed by atoms with Gasteiger partial charge in [-0.15, -0.1) is 0 Å². The van der Waals surface area contributed by atoms with Crippen molar-refractivity contribution in [1.29, 1.82) is 0 Å². The van der Waals surface area contributed by atoms with Crippen LogP contribution in [-0.4, -0.2) is 27.5 Å². The van der Waals surface area contributed by atoms with Gasteiger partial charge >= 0.3 is 0 Å². The van der Waals surface area contributed by atoms with Crippen molar-refractivity contribution in [2.75, 3.05) is 6.61 Å². The third-order valence-electron chi connectivity index (χ3n) is 2.32. The van der Waals surface area contributed by atoms with Crippen molar-refractivity contribution in [3.8, 4) is 0 Å². The average molecular weight is 197 g/mol. The first-order valence-electron chi connectivity index (χ1n) is 5.15. The maximum Gasteiger partial charge on any atom is 0.0584 e. The van der Waals surface area contributed by atoms with E-state index >= 15 is 0 Å². The molecule has 0 aliphatic heterocycles. The fourth-order valence-electron chi connectivity index (χ4n) is 1.27. The Hall–Kier alpha value is -0.870. The average Bonchev–Trinajstić information content (AvgIpc) is 2.67. The molecule has 0 saturated carbocycles. The molecule has 0 aromatic carbocycles. The Balaban J connectivity index is 2.37. The summed E-state index contributed by atoms with van der Waals surface area (Å²) < 4.78 is 1.90. The highest BCUT2D eigenvalue weighted by Crippen LogP contribution is 1.98. The summed E-state index contributed by atoms with van der Waals surface area (Å²) in [6.07, 6.45) is 4.83. The summed E-state index contributed by atoms with van der Waals surface area (Å²) in [5, 5.41) is 16.4. The third kappa shape index (κ3) is 3.12. The molecule has 0 amide bonds. The first kappa shape index (κ1) is 11.2. The number of aliphatic hydroxyl groups excluding tert-OH is 1. The van der Waals surface area contributed by atoms with Crippen LogP contribution in [0.2, 0.25) is 0 Å². The smallest absolute Gasteiger partial charge is 0.0584 e. The largest absolute Gasteiger partial charge is 0.395 e. The van der Waals surface area contributed by atoms with Crippen LogP contribution in [0.4, 0.5) is 0 Å². The summed E-state index contributed by atoms with van der Waals surface area (Å²) in [5.74, 6) is 0. The molecule has 1 atom stereocenters. The number of hydrogen-bond donors (Lipinski definition) is 2. The molecule has 1 rings (SSSR count). The molecule has 1 aromatic heterocycles. The van der Waals surface area contributed by atoms with Crippen LogP contribution in [0.3, 0.4) is 0 Å². The number of aliphatic hydroxyl groups is 1. The molecule has 0 aliphatic rings. The van der Waals surface area contributed by atoms with Gasteiger partial charge in [0.15, 0.2) is 0 Å². The number of nitrogens with one attached hydrogen (secondary N) is 1. The van der Waals surface area contributed by atoms with E-state index in [-0.39, 0.29) is 12.6 Å². The van der Waals surface area contributed by atoms with Gasteiger partial charge in [0.25, 0.3) is 0 Å². The molecule has 80 valence electrons. The fourth-order valence-corrected chi connectivity index (χ4v) is 1.27. The van der Waals surface area contributed by atoms with Crippen LogP contribution in [-0.2, 0) is 13.1 Å². The molecule has 14 heavy (non-hydrogen) atoms. The number of aromatic nitrogens is 2. The zero-order chi connectivity index (χ0) is 10.4. The van der Waals surface area contributed by atoms with E-state index in [0.29, 0.717) is 0 Å². The van der Waals surface area contributed by atoms with Gasteiger partial charge in [-0.05, 0) is 13.3 Å². The van der Waals surface area contributed by atoms with Crippen LogP contribution in [0.1, 0.15) is 25.8 Å². The molecule has 0 radical (unpaired) electrons. The predicted octanol–water partition coefficient (Wildman–Crippen LogP) is 0.763. The molecular weight excluding hydrogens is 178 g/mol. The molecule has 0 aliphatic carbocycles. The molecule has 1 heterocycles. The molecule has 0 unspecified atom stereocenters. The van der Waals surface area contributed by atoms with E-state index < -0.39 is 0 Å². The summed E-state index contributed by atoms with van der Waals surface area (Å²) in [6.45, 7) is 5.99. The minimum absolute atomic E-state index is 0.193. The van der Waals surface area contributed by atoms with Crippen LogP contribution >= 0.6 is 0 Å². The van der Waals surface area contributed by atoms with Crippen LogP contribution < -0.4 is 5.32 Å². The quantitative estimate of drug-likeness (QED) is 0.708. The monoisotopic (exact) mass is 197 g/mol. The second kappa shape index (κ2) is 5.78. The molecule has 4 nitrogen and oxygen atoms in total. The van der Waals surface area contributed by atoms with Gasteiger partial charge < -0.3 is 10.4 Å². The van der Waals surface area contributed by atoms with Crippen molar-refractivity contribution >= 4 is 0 Å². The molecule has 0 saturated heterocycles. The van der Waals surface area contributed by atoms with E-state index in [1.807, 2.05) is 17.1 Å². The summed E-state index contributed by atoms with van der Waals surface area (Å²) in [6, 6.07) is 0.194. The lowest BCUT2D eigenvalue weighted by Crippen LogP contribution is -2.31. The highest BCUT2D eigenvalue weighted by Gasteiger charge is 2.04. The Morgan fingerprint density at radius 2 is 2.36 bits per heavy atom. The van der Waals surface area contributed by atoms with Gasteiger partial charge in [0.2, 0.25) is 0 Å². The molecule has 0 spiro atoms. The molecular formula is C10H19N3O. The minimum atomic E-state index is 0.193. The molecule has 2 N–H and O–H groups in total. The van der Waals surface area contributed by atoms with Gasteiger partial charge in [0, 0.05) is 30.9 Å². The van der Waals surface area contributed by atoms with E-state index in [1.54, 1.807) is 0 Å². The zero-order valence-corrected chi connectivity index (χ0v) is 8.90. The van der Waals surface area contributed by atoms with Crippen molar-refractivity contribution < 1.29 is 5.11 Å². The topological polar surface area (TPSA) is 50.1 Å². The van der Waals surface area contributed by atoms with Crippen molar-refractivity contribution in [3.05, 3.63) is 18.0 Å². The van der Waals surface area contributed by atoms with E-state index in [4.69, 9.17) is 5.11 Å². The third-order valence-corrected chi connectivity index (χ3v) is 2.32. The fraction of sp³-hybridized carbons (Fsp3) is 0.700. The number of rotatable bonds is 6. The molecule has 4 heteroatoms. The maximum absolute atomic E-state index is 8.97. The Morgan fingerprint density at radius 1 is 1.57 bits per heavy atom. The van der Waals surface area contributed by atoms with Crippen LogP contribution in [0.15, 0.2) is 12.4 Å². The van der Waals surface area contributed by atoms with Crippen LogP contribution in [0.25, 0.3) is 0 Å². The Labute approximate surface area is 84.9 Å². The van der Waals surface area contributed by atoms with Crippen molar-refractivity contribution in [2.24, 2.45) is 0 Å². The van der Waals surface area contributed by atoms with Crippen LogP contribution in [0, 0.1) is 0 Å². The summed E-state index contributed by atoms with van der Waals surface area (Å²) in [4.78, 5) is 0. The summed E-state index contributed by atoms with van der Waals surface area (Å²) >= 11 is 0. The van der Waals surface area contributed by atoms with E-state index in [2.05, 4.69) is 24.3 Å². The van der Waals surface area contributed by atoms with Gasteiger partial charge in [-0.2, -0.15) is 5.10 Å². The standard InChI is InChI=1S/C10H19N3O/c1-3-10(8-14)11-5-9-6-12-13(4-2)7-9/h6-7,10-11,14H,3-5,8H2,1-2H3/t10-/m1/s1. The Bertz CT molecular complexity index is 256. The summed E-state index contributed by atoms with van der Waals surface area (Å²) in [5.41, 5.74) is 1.17. The predicted molar refractivity (Wildman–Crippen MR) is 55.9 cm³/mol. The molecule has 1 aromatic rings. The SMILES string of the molecule is CC[C@H](CO)NCc1cnn(CC)c1. The molecule has 0 bridgehead atoms. The van der Waals surface area contributed by atoms with Crippen molar-refractivity contribution in [2.45, 2.75) is 39.4 Å². The van der Waals surface area contributed by atoms with E-state index in [1.165, 1.54) is 5.56 Å². The first-order valence-corrected chi connectivity index (χ1v) is 5.15. The minimum Gasteiger partial charge on any atom is -0.395 e. The highest BCUT2D eigenvalue weighted by molar-refractivity contribution is 5.03. The normalized spacial score (nSPS) is 13.1. The summed E-state index contributed by atoms with van der Waals surface area (Å²) in [7, 11) is 0. The zero-order valence-electron chi connectivity index (χ0n) is 8.90. The number of hydrogen-bond acceptors (Lipinski definition) is 3. The molecule has 0 fully saturated rings. The van der Waals surface area contributed by atoms with E-state index in [0.717, 1.165) is 19.5 Å². The van der Waals surface area contributed by atoms with Gasteiger partial charge in [-0.25, -0.2) is 0 Å². The van der Waals surface area contributed by atoms with Gasteiger partial charge in [0.1, 0.15) is 0 Å². The highest BCUT2D eigenvalue weighted by atomic mass is 16.3. The van der Waals surface area contributed by atoms with Crippen molar-refractivity contribution in [3.63, 3.8) is 0 Å². The number of nitrogens with zero attached hydrogens (tertiary/aromatic N) is 2. The van der Waals surface area contributed by atoms with Gasteiger partial charge in [-0.3, -0.25) is 4.68 Å². The Kier molecular flexibility index (Phi) is 4.62. The lowest BCUT2D eigenvalue weighted by molar-refractivity contribution is 0.238. The number of aryl methyl sites for hydroxylation is 1.